The number of imidazole rings is 1. The van der Waals surface area contributed by atoms with E-state index >= 15 is 0 Å². The van der Waals surface area contributed by atoms with Crippen LogP contribution >= 0.6 is 11.6 Å². The van der Waals surface area contributed by atoms with Gasteiger partial charge in [0, 0.05) is 6.92 Å². The van der Waals surface area contributed by atoms with Crippen molar-refractivity contribution in [2.75, 3.05) is 0 Å². The van der Waals surface area contributed by atoms with Crippen molar-refractivity contribution < 1.29 is 9.53 Å². The molecule has 0 amide bonds. The fourth-order valence-corrected chi connectivity index (χ4v) is 2.05. The number of nitrogens with zero attached hydrogens (tertiary/aromatic N) is 4. The molecular weight excluding hydrogens is 292 g/mol. The first kappa shape index (κ1) is 13.5. The largest absolute Gasteiger partial charge is 0.437 e. The molecule has 0 N–H and O–H groups in total. The number of rotatable bonds is 2. The van der Waals surface area contributed by atoms with Crippen LogP contribution in [0, 0.1) is 6.92 Å². The van der Waals surface area contributed by atoms with E-state index in [2.05, 4.69) is 15.0 Å². The van der Waals surface area contributed by atoms with E-state index in [1.54, 1.807) is 0 Å². The average Bonchev–Trinajstić information content (AvgIpc) is 2.85. The van der Waals surface area contributed by atoms with Crippen molar-refractivity contribution in [1.82, 2.24) is 19.5 Å². The van der Waals surface area contributed by atoms with Gasteiger partial charge in [0.1, 0.15) is 12.1 Å². The third-order valence-corrected chi connectivity index (χ3v) is 3.09. The van der Waals surface area contributed by atoms with Gasteiger partial charge in [-0.2, -0.15) is 9.97 Å². The van der Waals surface area contributed by atoms with Crippen LogP contribution in [0.4, 0.5) is 0 Å². The van der Waals surface area contributed by atoms with Gasteiger partial charge in [-0.3, -0.25) is 9.36 Å². The summed E-state index contributed by atoms with van der Waals surface area (Å²) in [4.78, 5) is 23.7. The molecule has 0 bridgehead atoms. The Bertz CT molecular complexity index is 827. The first-order valence-electron chi connectivity index (χ1n) is 6.20. The topological polar surface area (TPSA) is 69.9 Å². The summed E-state index contributed by atoms with van der Waals surface area (Å²) in [5.41, 5.74) is 1.82. The van der Waals surface area contributed by atoms with Gasteiger partial charge in [-0.15, -0.1) is 0 Å². The Morgan fingerprint density at radius 1 is 1.24 bits per heavy atom. The SMILES string of the molecule is CC(=O)n1cnc2nc(Cl)nc(Oc3ccc(C)cc3)c21. The highest BCUT2D eigenvalue weighted by Gasteiger charge is 2.16. The van der Waals surface area contributed by atoms with E-state index in [1.807, 2.05) is 31.2 Å². The Morgan fingerprint density at radius 3 is 2.62 bits per heavy atom. The van der Waals surface area contributed by atoms with Crippen molar-refractivity contribution >= 4 is 28.7 Å². The van der Waals surface area contributed by atoms with Crippen LogP contribution in [0.15, 0.2) is 30.6 Å². The van der Waals surface area contributed by atoms with Gasteiger partial charge in [0.25, 0.3) is 5.88 Å². The molecule has 0 saturated carbocycles. The Morgan fingerprint density at radius 2 is 1.95 bits per heavy atom. The molecule has 21 heavy (non-hydrogen) atoms. The quantitative estimate of drug-likeness (QED) is 0.680. The van der Waals surface area contributed by atoms with Crippen LogP contribution in [0.3, 0.4) is 0 Å². The maximum atomic E-state index is 11.6. The van der Waals surface area contributed by atoms with E-state index in [4.69, 9.17) is 16.3 Å². The summed E-state index contributed by atoms with van der Waals surface area (Å²) < 4.78 is 7.06. The second-order valence-electron chi connectivity index (χ2n) is 4.52. The lowest BCUT2D eigenvalue weighted by atomic mass is 10.2. The predicted octanol–water partition coefficient (Wildman–Crippen LogP) is 3.24. The Balaban J connectivity index is 2.13. The van der Waals surface area contributed by atoms with Crippen LogP contribution in [-0.2, 0) is 0 Å². The van der Waals surface area contributed by atoms with Gasteiger partial charge in [0.15, 0.2) is 11.2 Å². The van der Waals surface area contributed by atoms with Crippen LogP contribution < -0.4 is 4.74 Å². The molecule has 6 nitrogen and oxygen atoms in total. The first-order valence-corrected chi connectivity index (χ1v) is 6.58. The standard InChI is InChI=1S/C14H11ClN4O2/c1-8-3-5-10(6-4-8)21-13-11-12(17-14(15)18-13)16-7-19(11)9(2)20/h3-7H,1-2H3. The molecule has 0 atom stereocenters. The molecule has 106 valence electrons. The van der Waals surface area contributed by atoms with Crippen LogP contribution in [0.5, 0.6) is 11.6 Å². The van der Waals surface area contributed by atoms with Crippen molar-refractivity contribution in [1.29, 1.82) is 0 Å². The van der Waals surface area contributed by atoms with Gasteiger partial charge in [-0.1, -0.05) is 17.7 Å². The zero-order valence-electron chi connectivity index (χ0n) is 11.4. The molecule has 0 aliphatic carbocycles. The van der Waals surface area contributed by atoms with E-state index < -0.39 is 0 Å². The second-order valence-corrected chi connectivity index (χ2v) is 4.86. The lowest BCUT2D eigenvalue weighted by Crippen LogP contribution is -2.05. The minimum absolute atomic E-state index is 0.0124. The first-order chi connectivity index (χ1) is 10.0. The molecule has 1 aromatic carbocycles. The van der Waals surface area contributed by atoms with Crippen molar-refractivity contribution in [2.24, 2.45) is 0 Å². The molecule has 0 saturated heterocycles. The van der Waals surface area contributed by atoms with Gasteiger partial charge in [-0.25, -0.2) is 4.98 Å². The van der Waals surface area contributed by atoms with Crippen LogP contribution in [0.1, 0.15) is 17.3 Å². The Labute approximate surface area is 125 Å². The highest BCUT2D eigenvalue weighted by Crippen LogP contribution is 2.28. The van der Waals surface area contributed by atoms with Gasteiger partial charge < -0.3 is 4.74 Å². The van der Waals surface area contributed by atoms with Crippen LogP contribution in [-0.4, -0.2) is 25.4 Å². The second kappa shape index (κ2) is 5.14. The van der Waals surface area contributed by atoms with Crippen molar-refractivity contribution in [2.45, 2.75) is 13.8 Å². The number of hydrogen-bond donors (Lipinski definition) is 0. The molecule has 7 heteroatoms. The molecule has 0 radical (unpaired) electrons. The summed E-state index contributed by atoms with van der Waals surface area (Å²) in [6.07, 6.45) is 1.38. The molecule has 0 spiro atoms. The average molecular weight is 303 g/mol. The van der Waals surface area contributed by atoms with Gasteiger partial charge in [0.05, 0.1) is 0 Å². The fraction of sp³-hybridized carbons (Fsp3) is 0.143. The van der Waals surface area contributed by atoms with Crippen LogP contribution in [0.25, 0.3) is 11.2 Å². The smallest absolute Gasteiger partial charge is 0.250 e. The fourth-order valence-electron chi connectivity index (χ4n) is 1.90. The lowest BCUT2D eigenvalue weighted by Gasteiger charge is -2.07. The summed E-state index contributed by atoms with van der Waals surface area (Å²) in [5, 5.41) is 0.0124. The summed E-state index contributed by atoms with van der Waals surface area (Å²) in [7, 11) is 0. The maximum absolute atomic E-state index is 11.6. The number of carbonyl (C=O) groups excluding carboxylic acids is 1. The van der Waals surface area contributed by atoms with Crippen molar-refractivity contribution in [3.05, 3.63) is 41.4 Å². The Hall–Kier alpha value is -2.47. The van der Waals surface area contributed by atoms with E-state index in [-0.39, 0.29) is 17.1 Å². The molecule has 3 aromatic rings. The minimum atomic E-state index is -0.211. The molecule has 3 rings (SSSR count). The number of carbonyl (C=O) groups is 1. The third kappa shape index (κ3) is 2.57. The summed E-state index contributed by atoms with van der Waals surface area (Å²) in [6.45, 7) is 3.40. The number of ether oxygens (including phenoxy) is 1. The minimum Gasteiger partial charge on any atom is -0.437 e. The molecule has 0 fully saturated rings. The highest BCUT2D eigenvalue weighted by atomic mass is 35.5. The highest BCUT2D eigenvalue weighted by molar-refractivity contribution is 6.28. The molecule has 0 aliphatic heterocycles. The van der Waals surface area contributed by atoms with E-state index in [0.29, 0.717) is 16.9 Å². The number of halogens is 1. The molecule has 2 heterocycles. The lowest BCUT2D eigenvalue weighted by molar-refractivity contribution is 0.0940. The number of aryl methyl sites for hydroxylation is 1. The Kier molecular flexibility index (Phi) is 3.31. The van der Waals surface area contributed by atoms with E-state index in [9.17, 15) is 4.79 Å². The molecule has 0 unspecified atom stereocenters. The van der Waals surface area contributed by atoms with E-state index in [1.165, 1.54) is 17.8 Å². The number of aromatic nitrogens is 4. The van der Waals surface area contributed by atoms with Gasteiger partial charge in [-0.05, 0) is 30.7 Å². The van der Waals surface area contributed by atoms with E-state index in [0.717, 1.165) is 5.56 Å². The monoisotopic (exact) mass is 302 g/mol. The normalized spacial score (nSPS) is 10.8. The number of benzene rings is 1. The van der Waals surface area contributed by atoms with Crippen molar-refractivity contribution in [3.63, 3.8) is 0 Å². The zero-order chi connectivity index (χ0) is 15.0. The number of fused-ring (bicyclic) bond motifs is 1. The van der Waals surface area contributed by atoms with Crippen LogP contribution in [0.2, 0.25) is 5.28 Å². The summed E-state index contributed by atoms with van der Waals surface area (Å²) >= 11 is 5.87. The third-order valence-electron chi connectivity index (χ3n) is 2.92. The van der Waals surface area contributed by atoms with Gasteiger partial charge in [0.2, 0.25) is 11.2 Å². The van der Waals surface area contributed by atoms with Crippen molar-refractivity contribution in [3.8, 4) is 11.6 Å². The summed E-state index contributed by atoms with van der Waals surface area (Å²) in [6, 6.07) is 7.45. The molecule has 2 aromatic heterocycles. The summed E-state index contributed by atoms with van der Waals surface area (Å²) in [5.74, 6) is 0.576. The molecular formula is C14H11ClN4O2. The maximum Gasteiger partial charge on any atom is 0.250 e. The predicted molar refractivity (Wildman–Crippen MR) is 77.9 cm³/mol. The zero-order valence-corrected chi connectivity index (χ0v) is 12.1. The molecule has 0 aliphatic rings. The van der Waals surface area contributed by atoms with Gasteiger partial charge >= 0.3 is 0 Å². The number of hydrogen-bond acceptors (Lipinski definition) is 5.